The second-order valence-corrected chi connectivity index (χ2v) is 6.11. The van der Waals surface area contributed by atoms with E-state index in [1.165, 1.54) is 15.3 Å². The molecule has 96 valence electrons. The Morgan fingerprint density at radius 1 is 1.16 bits per heavy atom. The molecule has 0 aliphatic rings. The molecule has 1 aromatic carbocycles. The molecule has 3 rings (SSSR count). The van der Waals surface area contributed by atoms with Crippen molar-refractivity contribution < 1.29 is 0 Å². The maximum atomic E-state index is 6.37. The number of aryl methyl sites for hydroxylation is 2. The Hall–Kier alpha value is -1.71. The first-order valence-electron chi connectivity index (χ1n) is 6.32. The Kier molecular flexibility index (Phi) is 3.09. The molecule has 2 heterocycles. The summed E-state index contributed by atoms with van der Waals surface area (Å²) in [5.41, 5.74) is 9.80. The van der Waals surface area contributed by atoms with Gasteiger partial charge in [0.05, 0.1) is 11.6 Å². The summed E-state index contributed by atoms with van der Waals surface area (Å²) >= 11 is 1.78. The Morgan fingerprint density at radius 3 is 2.74 bits per heavy atom. The van der Waals surface area contributed by atoms with E-state index in [1.54, 1.807) is 11.3 Å². The first-order chi connectivity index (χ1) is 9.15. The number of benzene rings is 1. The summed E-state index contributed by atoms with van der Waals surface area (Å²) in [6.07, 6.45) is 1.82. The molecule has 0 fully saturated rings. The minimum Gasteiger partial charge on any atom is -0.320 e. The third kappa shape index (κ3) is 2.27. The third-order valence-corrected chi connectivity index (χ3v) is 4.72. The smallest absolute Gasteiger partial charge is 0.0705 e. The van der Waals surface area contributed by atoms with Crippen LogP contribution in [0.5, 0.6) is 0 Å². The summed E-state index contributed by atoms with van der Waals surface area (Å²) in [5.74, 6) is 0. The molecule has 0 saturated carbocycles. The number of aromatic nitrogens is 1. The molecule has 0 bridgehead atoms. The van der Waals surface area contributed by atoms with E-state index in [0.717, 1.165) is 16.5 Å². The largest absolute Gasteiger partial charge is 0.320 e. The first-order valence-corrected chi connectivity index (χ1v) is 7.14. The van der Waals surface area contributed by atoms with Crippen LogP contribution in [0.15, 0.2) is 42.6 Å². The van der Waals surface area contributed by atoms with Crippen molar-refractivity contribution in [1.29, 1.82) is 0 Å². The van der Waals surface area contributed by atoms with Crippen molar-refractivity contribution in [2.75, 3.05) is 0 Å². The lowest BCUT2D eigenvalue weighted by atomic mass is 10.0. The van der Waals surface area contributed by atoms with Gasteiger partial charge in [-0.3, -0.25) is 4.98 Å². The maximum absolute atomic E-state index is 6.37. The normalized spacial score (nSPS) is 12.8. The first kappa shape index (κ1) is 12.3. The fraction of sp³-hybridized carbons (Fsp3) is 0.188. The van der Waals surface area contributed by atoms with Crippen molar-refractivity contribution in [1.82, 2.24) is 4.98 Å². The fourth-order valence-electron chi connectivity index (χ4n) is 2.20. The van der Waals surface area contributed by atoms with Crippen LogP contribution in [0.3, 0.4) is 0 Å². The number of thiophene rings is 1. The summed E-state index contributed by atoms with van der Waals surface area (Å²) < 4.78 is 0. The van der Waals surface area contributed by atoms with Gasteiger partial charge >= 0.3 is 0 Å². The highest BCUT2D eigenvalue weighted by atomic mass is 32.1. The van der Waals surface area contributed by atoms with E-state index in [2.05, 4.69) is 49.2 Å². The number of hydrogen-bond acceptors (Lipinski definition) is 3. The summed E-state index contributed by atoms with van der Waals surface area (Å²) in [6.45, 7) is 4.27. The monoisotopic (exact) mass is 268 g/mol. The molecule has 0 aliphatic heterocycles. The average Bonchev–Trinajstić information content (AvgIpc) is 2.77. The lowest BCUT2D eigenvalue weighted by Gasteiger charge is -2.10. The van der Waals surface area contributed by atoms with Gasteiger partial charge in [0.25, 0.3) is 0 Å². The van der Waals surface area contributed by atoms with E-state index in [0.29, 0.717) is 0 Å². The molecule has 2 nitrogen and oxygen atoms in total. The lowest BCUT2D eigenvalue weighted by Crippen LogP contribution is -2.10. The van der Waals surface area contributed by atoms with Gasteiger partial charge < -0.3 is 5.73 Å². The van der Waals surface area contributed by atoms with Crippen LogP contribution in [-0.4, -0.2) is 4.98 Å². The molecule has 19 heavy (non-hydrogen) atoms. The quantitative estimate of drug-likeness (QED) is 0.764. The van der Waals surface area contributed by atoms with Gasteiger partial charge in [-0.2, -0.15) is 0 Å². The highest BCUT2D eigenvalue weighted by Crippen LogP contribution is 2.30. The Balaban J connectivity index is 2.03. The number of rotatable bonds is 2. The highest BCUT2D eigenvalue weighted by molar-refractivity contribution is 7.12. The fourth-order valence-corrected chi connectivity index (χ4v) is 3.27. The van der Waals surface area contributed by atoms with Crippen LogP contribution < -0.4 is 5.73 Å². The highest BCUT2D eigenvalue weighted by Gasteiger charge is 2.13. The minimum absolute atomic E-state index is 0.0659. The second kappa shape index (κ2) is 4.76. The van der Waals surface area contributed by atoms with Crippen LogP contribution in [0.2, 0.25) is 0 Å². The number of fused-ring (bicyclic) bond motifs is 1. The minimum atomic E-state index is -0.0659. The zero-order chi connectivity index (χ0) is 13.4. The van der Waals surface area contributed by atoms with Crippen LogP contribution in [-0.2, 0) is 0 Å². The van der Waals surface area contributed by atoms with Gasteiger partial charge in [-0.25, -0.2) is 0 Å². The molecule has 1 atom stereocenters. The summed E-state index contributed by atoms with van der Waals surface area (Å²) in [7, 11) is 0. The van der Waals surface area contributed by atoms with Crippen molar-refractivity contribution in [3.8, 4) is 0 Å². The van der Waals surface area contributed by atoms with Gasteiger partial charge in [-0.15, -0.1) is 11.3 Å². The Bertz CT molecular complexity index is 711. The molecule has 0 saturated heterocycles. The predicted octanol–water partition coefficient (Wildman–Crippen LogP) is 3.96. The van der Waals surface area contributed by atoms with E-state index in [9.17, 15) is 0 Å². The molecule has 3 aromatic rings. The topological polar surface area (TPSA) is 38.9 Å². The van der Waals surface area contributed by atoms with E-state index in [4.69, 9.17) is 5.73 Å². The van der Waals surface area contributed by atoms with Crippen LogP contribution in [0, 0.1) is 13.8 Å². The van der Waals surface area contributed by atoms with Crippen molar-refractivity contribution in [2.45, 2.75) is 19.9 Å². The van der Waals surface area contributed by atoms with E-state index in [1.807, 2.05) is 12.3 Å². The van der Waals surface area contributed by atoms with Gasteiger partial charge in [0.1, 0.15) is 0 Å². The zero-order valence-electron chi connectivity index (χ0n) is 11.1. The molecule has 0 spiro atoms. The summed E-state index contributed by atoms with van der Waals surface area (Å²) in [5, 5.41) is 1.15. The summed E-state index contributed by atoms with van der Waals surface area (Å²) in [6, 6.07) is 12.4. The van der Waals surface area contributed by atoms with Crippen molar-refractivity contribution in [2.24, 2.45) is 5.73 Å². The number of nitrogens with two attached hydrogens (primary N) is 1. The van der Waals surface area contributed by atoms with Crippen molar-refractivity contribution in [3.63, 3.8) is 0 Å². The molecule has 3 heteroatoms. The van der Waals surface area contributed by atoms with Gasteiger partial charge in [0, 0.05) is 21.3 Å². The van der Waals surface area contributed by atoms with Crippen LogP contribution in [0.1, 0.15) is 26.9 Å². The van der Waals surface area contributed by atoms with Crippen LogP contribution >= 0.6 is 11.3 Å². The molecule has 2 aromatic heterocycles. The maximum Gasteiger partial charge on any atom is 0.0705 e. The Labute approximate surface area is 116 Å². The van der Waals surface area contributed by atoms with Gasteiger partial charge in [-0.1, -0.05) is 18.2 Å². The molecule has 1 unspecified atom stereocenters. The molecular weight excluding hydrogens is 252 g/mol. The van der Waals surface area contributed by atoms with Crippen molar-refractivity contribution >= 4 is 22.2 Å². The van der Waals surface area contributed by atoms with Crippen LogP contribution in [0.4, 0.5) is 0 Å². The molecule has 0 amide bonds. The predicted molar refractivity (Wildman–Crippen MR) is 81.6 cm³/mol. The van der Waals surface area contributed by atoms with E-state index < -0.39 is 0 Å². The molecule has 0 radical (unpaired) electrons. The SMILES string of the molecule is Cc1cc(C(N)c2ccc3cccnc3c2)sc1C. The second-order valence-electron chi connectivity index (χ2n) is 4.82. The van der Waals surface area contributed by atoms with Gasteiger partial charge in [0.2, 0.25) is 0 Å². The lowest BCUT2D eigenvalue weighted by molar-refractivity contribution is 0.894. The van der Waals surface area contributed by atoms with Crippen molar-refractivity contribution in [3.05, 3.63) is 63.5 Å². The van der Waals surface area contributed by atoms with E-state index in [-0.39, 0.29) is 6.04 Å². The van der Waals surface area contributed by atoms with Gasteiger partial charge in [0.15, 0.2) is 0 Å². The Morgan fingerprint density at radius 2 is 2.00 bits per heavy atom. The zero-order valence-corrected chi connectivity index (χ0v) is 11.9. The molecular formula is C16H16N2S. The average molecular weight is 268 g/mol. The number of pyridine rings is 1. The van der Waals surface area contributed by atoms with E-state index >= 15 is 0 Å². The van der Waals surface area contributed by atoms with Gasteiger partial charge in [-0.05, 0) is 43.2 Å². The standard InChI is InChI=1S/C16H16N2S/c1-10-8-15(19-11(10)2)16(17)13-6-5-12-4-3-7-18-14(12)9-13/h3-9,16H,17H2,1-2H3. The van der Waals surface area contributed by atoms with Crippen LogP contribution in [0.25, 0.3) is 10.9 Å². The number of hydrogen-bond donors (Lipinski definition) is 1. The third-order valence-electron chi connectivity index (χ3n) is 3.48. The molecule has 2 N–H and O–H groups in total. The molecule has 0 aliphatic carbocycles. The number of nitrogens with zero attached hydrogens (tertiary/aromatic N) is 1. The summed E-state index contributed by atoms with van der Waals surface area (Å²) in [4.78, 5) is 6.94.